The van der Waals surface area contributed by atoms with E-state index in [9.17, 15) is 9.90 Å². The maximum atomic E-state index is 11.4. The number of hydrogen-bond donors (Lipinski definition) is 2. The Labute approximate surface area is 207 Å². The number of aromatic amines is 1. The van der Waals surface area contributed by atoms with E-state index in [2.05, 4.69) is 29.8 Å². The SMILES string of the molecule is CC(C)Cc1sc(N(CCC(=O)O)Cc2c[nH]c3ccccc23)nc1-c1ccc(Cl)c(Cl)c1. The first-order chi connectivity index (χ1) is 15.8. The molecule has 0 bridgehead atoms. The summed E-state index contributed by atoms with van der Waals surface area (Å²) in [5.74, 6) is -0.386. The molecule has 0 aliphatic heterocycles. The van der Waals surface area contributed by atoms with E-state index in [4.69, 9.17) is 28.2 Å². The number of fused-ring (bicyclic) bond motifs is 1. The minimum atomic E-state index is -0.831. The molecule has 8 heteroatoms. The number of nitrogens with one attached hydrogen (secondary N) is 1. The van der Waals surface area contributed by atoms with E-state index >= 15 is 0 Å². The van der Waals surface area contributed by atoms with Gasteiger partial charge in [-0.1, -0.05) is 61.3 Å². The Morgan fingerprint density at radius 1 is 1.18 bits per heavy atom. The first kappa shape index (κ1) is 23.6. The summed E-state index contributed by atoms with van der Waals surface area (Å²) >= 11 is 14.0. The van der Waals surface area contributed by atoms with Crippen LogP contribution in [-0.2, 0) is 17.8 Å². The first-order valence-corrected chi connectivity index (χ1v) is 12.4. The summed E-state index contributed by atoms with van der Waals surface area (Å²) in [7, 11) is 0. The number of halogens is 2. The van der Waals surface area contributed by atoms with Gasteiger partial charge in [0.1, 0.15) is 0 Å². The number of carbonyl (C=O) groups is 1. The van der Waals surface area contributed by atoms with Crippen LogP contribution in [0.1, 0.15) is 30.7 Å². The minimum Gasteiger partial charge on any atom is -0.481 e. The fourth-order valence-corrected chi connectivity index (χ4v) is 5.41. The number of thiazole rings is 1. The Balaban J connectivity index is 1.74. The lowest BCUT2D eigenvalue weighted by Crippen LogP contribution is -2.25. The number of para-hydroxylation sites is 1. The number of H-pyrrole nitrogens is 1. The fourth-order valence-electron chi connectivity index (χ4n) is 3.79. The van der Waals surface area contributed by atoms with Crippen molar-refractivity contribution >= 4 is 56.5 Å². The average molecular weight is 502 g/mol. The highest BCUT2D eigenvalue weighted by Gasteiger charge is 2.21. The van der Waals surface area contributed by atoms with Crippen LogP contribution in [0.4, 0.5) is 5.13 Å². The Kier molecular flexibility index (Phi) is 7.27. The van der Waals surface area contributed by atoms with E-state index in [-0.39, 0.29) is 6.42 Å². The molecule has 2 N–H and O–H groups in total. The number of carboxylic acids is 1. The summed E-state index contributed by atoms with van der Waals surface area (Å²) in [6.45, 7) is 5.27. The summed E-state index contributed by atoms with van der Waals surface area (Å²) in [5, 5.41) is 12.3. The van der Waals surface area contributed by atoms with Crippen molar-refractivity contribution in [2.24, 2.45) is 5.92 Å². The van der Waals surface area contributed by atoms with Crippen LogP contribution in [0, 0.1) is 5.92 Å². The molecule has 0 aliphatic carbocycles. The fraction of sp³-hybridized carbons (Fsp3) is 0.280. The smallest absolute Gasteiger partial charge is 0.305 e. The van der Waals surface area contributed by atoms with Crippen LogP contribution in [-0.4, -0.2) is 27.6 Å². The number of benzene rings is 2. The van der Waals surface area contributed by atoms with Crippen LogP contribution < -0.4 is 4.90 Å². The number of hydrogen-bond acceptors (Lipinski definition) is 4. The Bertz CT molecular complexity index is 1280. The van der Waals surface area contributed by atoms with Crippen molar-refractivity contribution in [2.75, 3.05) is 11.4 Å². The molecule has 33 heavy (non-hydrogen) atoms. The van der Waals surface area contributed by atoms with E-state index in [1.807, 2.05) is 36.5 Å². The summed E-state index contributed by atoms with van der Waals surface area (Å²) in [6.07, 6.45) is 2.89. The predicted octanol–water partition coefficient (Wildman–Crippen LogP) is 7.28. The molecule has 0 saturated heterocycles. The van der Waals surface area contributed by atoms with Crippen molar-refractivity contribution in [3.05, 3.63) is 69.1 Å². The highest BCUT2D eigenvalue weighted by atomic mass is 35.5. The summed E-state index contributed by atoms with van der Waals surface area (Å²) in [4.78, 5) is 22.9. The van der Waals surface area contributed by atoms with Gasteiger partial charge in [-0.25, -0.2) is 4.98 Å². The first-order valence-electron chi connectivity index (χ1n) is 10.8. The second-order valence-electron chi connectivity index (χ2n) is 8.42. The summed E-state index contributed by atoms with van der Waals surface area (Å²) < 4.78 is 0. The Hall–Kier alpha value is -2.54. The second-order valence-corrected chi connectivity index (χ2v) is 10.3. The lowest BCUT2D eigenvalue weighted by molar-refractivity contribution is -0.136. The van der Waals surface area contributed by atoms with Gasteiger partial charge in [0.05, 0.1) is 22.2 Å². The van der Waals surface area contributed by atoms with Gasteiger partial charge in [0.25, 0.3) is 0 Å². The van der Waals surface area contributed by atoms with Crippen molar-refractivity contribution in [2.45, 2.75) is 33.2 Å². The van der Waals surface area contributed by atoms with E-state index in [1.54, 1.807) is 17.4 Å². The lowest BCUT2D eigenvalue weighted by atomic mass is 10.0. The summed E-state index contributed by atoms with van der Waals surface area (Å²) in [6, 6.07) is 13.7. The van der Waals surface area contributed by atoms with E-state index in [1.165, 1.54) is 0 Å². The molecule has 4 aromatic rings. The van der Waals surface area contributed by atoms with Gasteiger partial charge in [-0.15, -0.1) is 11.3 Å². The molecule has 0 amide bonds. The molecule has 5 nitrogen and oxygen atoms in total. The molecular formula is C25H25Cl2N3O2S. The quantitative estimate of drug-likeness (QED) is 0.252. The molecule has 0 saturated carbocycles. The highest BCUT2D eigenvalue weighted by Crippen LogP contribution is 2.38. The number of anilines is 1. The molecule has 0 aliphatic rings. The molecule has 0 atom stereocenters. The largest absolute Gasteiger partial charge is 0.481 e. The van der Waals surface area contributed by atoms with Gasteiger partial charge >= 0.3 is 5.97 Å². The Morgan fingerprint density at radius 3 is 2.70 bits per heavy atom. The van der Waals surface area contributed by atoms with E-state index in [0.29, 0.717) is 29.1 Å². The molecule has 172 valence electrons. The normalized spacial score (nSPS) is 11.4. The second kappa shape index (κ2) is 10.2. The van der Waals surface area contributed by atoms with Crippen molar-refractivity contribution in [3.8, 4) is 11.3 Å². The molecular weight excluding hydrogens is 477 g/mol. The third kappa shape index (κ3) is 5.52. The van der Waals surface area contributed by atoms with Crippen molar-refractivity contribution < 1.29 is 9.90 Å². The number of aromatic nitrogens is 2. The molecule has 4 rings (SSSR count). The van der Waals surface area contributed by atoms with Crippen LogP contribution in [0.3, 0.4) is 0 Å². The number of carboxylic acid groups (broad SMARTS) is 1. The van der Waals surface area contributed by atoms with Gasteiger partial charge in [-0.3, -0.25) is 4.79 Å². The maximum Gasteiger partial charge on any atom is 0.305 e. The zero-order valence-electron chi connectivity index (χ0n) is 18.4. The minimum absolute atomic E-state index is 0.0313. The number of nitrogens with zero attached hydrogens (tertiary/aromatic N) is 2. The Morgan fingerprint density at radius 2 is 1.97 bits per heavy atom. The number of rotatable bonds is 9. The van der Waals surface area contributed by atoms with Crippen LogP contribution in [0.15, 0.2) is 48.7 Å². The third-order valence-corrected chi connectivity index (χ3v) is 7.25. The lowest BCUT2D eigenvalue weighted by Gasteiger charge is -2.21. The summed E-state index contributed by atoms with van der Waals surface area (Å²) in [5.41, 5.74) is 3.95. The van der Waals surface area contributed by atoms with Crippen LogP contribution in [0.5, 0.6) is 0 Å². The zero-order chi connectivity index (χ0) is 23.5. The monoisotopic (exact) mass is 501 g/mol. The maximum absolute atomic E-state index is 11.4. The van der Waals surface area contributed by atoms with Gasteiger partial charge in [-0.05, 0) is 36.1 Å². The van der Waals surface area contributed by atoms with Gasteiger partial charge in [-0.2, -0.15) is 0 Å². The molecule has 2 heterocycles. The van der Waals surface area contributed by atoms with Gasteiger partial charge in [0.2, 0.25) is 0 Å². The van der Waals surface area contributed by atoms with Crippen LogP contribution >= 0.6 is 34.5 Å². The third-order valence-electron chi connectivity index (χ3n) is 5.37. The molecule has 0 radical (unpaired) electrons. The van der Waals surface area contributed by atoms with Crippen LogP contribution in [0.2, 0.25) is 10.0 Å². The standard InChI is InChI=1S/C25H25Cl2N3O2S/c1-15(2)11-22-24(16-7-8-19(26)20(27)12-16)29-25(33-22)30(10-9-23(31)32)14-17-13-28-21-6-4-3-5-18(17)21/h3-8,12-13,15,28H,9-11,14H2,1-2H3,(H,31,32). The molecule has 2 aromatic carbocycles. The topological polar surface area (TPSA) is 69.2 Å². The van der Waals surface area contributed by atoms with Gasteiger partial charge in [0.15, 0.2) is 5.13 Å². The molecule has 0 spiro atoms. The van der Waals surface area contributed by atoms with E-state index < -0.39 is 5.97 Å². The number of aliphatic carboxylic acids is 1. The zero-order valence-corrected chi connectivity index (χ0v) is 20.8. The van der Waals surface area contributed by atoms with E-state index in [0.717, 1.165) is 44.2 Å². The van der Waals surface area contributed by atoms with Crippen molar-refractivity contribution in [3.63, 3.8) is 0 Å². The highest BCUT2D eigenvalue weighted by molar-refractivity contribution is 7.16. The average Bonchev–Trinajstić information content (AvgIpc) is 3.37. The van der Waals surface area contributed by atoms with Gasteiger partial charge < -0.3 is 15.0 Å². The molecule has 0 fully saturated rings. The van der Waals surface area contributed by atoms with Crippen molar-refractivity contribution in [1.29, 1.82) is 0 Å². The predicted molar refractivity (Wildman–Crippen MR) is 138 cm³/mol. The van der Waals surface area contributed by atoms with Gasteiger partial charge in [0, 0.05) is 40.6 Å². The van der Waals surface area contributed by atoms with Crippen LogP contribution in [0.25, 0.3) is 22.2 Å². The van der Waals surface area contributed by atoms with Crippen molar-refractivity contribution in [1.82, 2.24) is 9.97 Å². The molecule has 2 aromatic heterocycles. The molecule has 0 unspecified atom stereocenters.